The number of rotatable bonds is 4. The maximum absolute atomic E-state index is 11.9. The lowest BCUT2D eigenvalue weighted by Crippen LogP contribution is -2.13. The lowest BCUT2D eigenvalue weighted by atomic mass is 10.4. The Balaban J connectivity index is 2.10. The van der Waals surface area contributed by atoms with Crippen LogP contribution in [0.2, 0.25) is 0 Å². The number of hydrogen-bond donors (Lipinski definition) is 2. The number of nitrogens with one attached hydrogen (secondary N) is 1. The Morgan fingerprint density at radius 3 is 3.06 bits per heavy atom. The van der Waals surface area contributed by atoms with Crippen LogP contribution in [0.15, 0.2) is 35.5 Å². The van der Waals surface area contributed by atoms with Gasteiger partial charge in [0.15, 0.2) is 0 Å². The van der Waals surface area contributed by atoms with Crippen molar-refractivity contribution >= 4 is 27.5 Å². The standard InChI is InChI=1S/C11H12BrN5O/c12-10-8(2-1-4-14-10)16-11(18)9-6-17(5-3-13)7-15-9/h1-2,4,6-7H,3,5,13H2,(H,16,18). The van der Waals surface area contributed by atoms with Gasteiger partial charge in [0.25, 0.3) is 5.91 Å². The van der Waals surface area contributed by atoms with Crippen LogP contribution in [0.1, 0.15) is 10.5 Å². The number of anilines is 1. The summed E-state index contributed by atoms with van der Waals surface area (Å²) in [6.07, 6.45) is 4.88. The second kappa shape index (κ2) is 5.74. The molecule has 0 aromatic carbocycles. The minimum atomic E-state index is -0.278. The average Bonchev–Trinajstić information content (AvgIpc) is 2.81. The Hall–Kier alpha value is -1.73. The van der Waals surface area contributed by atoms with E-state index in [1.807, 2.05) is 0 Å². The van der Waals surface area contributed by atoms with Crippen molar-refractivity contribution in [3.63, 3.8) is 0 Å². The molecule has 2 rings (SSSR count). The molecule has 0 unspecified atom stereocenters. The van der Waals surface area contributed by atoms with E-state index in [-0.39, 0.29) is 5.91 Å². The molecule has 0 bridgehead atoms. The summed E-state index contributed by atoms with van der Waals surface area (Å²) in [5.41, 5.74) is 6.38. The van der Waals surface area contributed by atoms with Crippen LogP contribution in [0, 0.1) is 0 Å². The van der Waals surface area contributed by atoms with Gasteiger partial charge < -0.3 is 15.6 Å². The van der Waals surface area contributed by atoms with Gasteiger partial charge in [-0.3, -0.25) is 4.79 Å². The third-order valence-electron chi connectivity index (χ3n) is 2.26. The van der Waals surface area contributed by atoms with Crippen LogP contribution in [0.5, 0.6) is 0 Å². The van der Waals surface area contributed by atoms with Gasteiger partial charge in [-0.1, -0.05) is 0 Å². The highest BCUT2D eigenvalue weighted by Gasteiger charge is 2.11. The summed E-state index contributed by atoms with van der Waals surface area (Å²) in [7, 11) is 0. The molecule has 0 atom stereocenters. The average molecular weight is 310 g/mol. The number of carbonyl (C=O) groups is 1. The number of hydrogen-bond acceptors (Lipinski definition) is 4. The molecule has 0 radical (unpaired) electrons. The molecule has 0 aliphatic rings. The van der Waals surface area contributed by atoms with Gasteiger partial charge in [0, 0.05) is 25.5 Å². The number of carbonyl (C=O) groups excluding carboxylic acids is 1. The first-order valence-electron chi connectivity index (χ1n) is 5.34. The van der Waals surface area contributed by atoms with Gasteiger partial charge >= 0.3 is 0 Å². The molecule has 0 aliphatic heterocycles. The lowest BCUT2D eigenvalue weighted by molar-refractivity contribution is 0.102. The minimum absolute atomic E-state index is 0.278. The minimum Gasteiger partial charge on any atom is -0.335 e. The largest absolute Gasteiger partial charge is 0.335 e. The van der Waals surface area contributed by atoms with Crippen molar-refractivity contribution < 1.29 is 4.79 Å². The summed E-state index contributed by atoms with van der Waals surface area (Å²) < 4.78 is 2.35. The zero-order valence-corrected chi connectivity index (χ0v) is 11.1. The van der Waals surface area contributed by atoms with Crippen molar-refractivity contribution in [3.8, 4) is 0 Å². The number of imidazole rings is 1. The Kier molecular flexibility index (Phi) is 4.06. The van der Waals surface area contributed by atoms with Crippen LogP contribution in [-0.2, 0) is 6.54 Å². The van der Waals surface area contributed by atoms with E-state index in [2.05, 4.69) is 31.2 Å². The molecule has 3 N–H and O–H groups in total. The molecule has 2 aromatic rings. The van der Waals surface area contributed by atoms with E-state index < -0.39 is 0 Å². The summed E-state index contributed by atoms with van der Waals surface area (Å²) in [6, 6.07) is 3.50. The van der Waals surface area contributed by atoms with Crippen LogP contribution in [-0.4, -0.2) is 27.0 Å². The van der Waals surface area contributed by atoms with Crippen LogP contribution in [0.25, 0.3) is 0 Å². The van der Waals surface area contributed by atoms with Gasteiger partial charge in [0.2, 0.25) is 0 Å². The zero-order chi connectivity index (χ0) is 13.0. The van der Waals surface area contributed by atoms with Gasteiger partial charge in [0.1, 0.15) is 10.3 Å². The first kappa shape index (κ1) is 12.7. The third-order valence-corrected chi connectivity index (χ3v) is 2.89. The lowest BCUT2D eigenvalue weighted by Gasteiger charge is -2.04. The number of nitrogens with two attached hydrogens (primary N) is 1. The predicted octanol–water partition coefficient (Wildman–Crippen LogP) is 1.25. The number of aromatic nitrogens is 3. The van der Waals surface area contributed by atoms with Crippen LogP contribution < -0.4 is 11.1 Å². The van der Waals surface area contributed by atoms with Gasteiger partial charge in [-0.05, 0) is 28.1 Å². The second-order valence-electron chi connectivity index (χ2n) is 3.58. The summed E-state index contributed by atoms with van der Waals surface area (Å²) in [4.78, 5) is 20.0. The molecule has 7 heteroatoms. The second-order valence-corrected chi connectivity index (χ2v) is 4.33. The van der Waals surface area contributed by atoms with Crippen LogP contribution in [0.3, 0.4) is 0 Å². The SMILES string of the molecule is NCCn1cnc(C(=O)Nc2cccnc2Br)c1. The fraction of sp³-hybridized carbons (Fsp3) is 0.182. The van der Waals surface area contributed by atoms with Gasteiger partial charge in [-0.25, -0.2) is 9.97 Å². The zero-order valence-electron chi connectivity index (χ0n) is 9.51. The van der Waals surface area contributed by atoms with Crippen LogP contribution in [0.4, 0.5) is 5.69 Å². The van der Waals surface area contributed by atoms with Crippen molar-refractivity contribution in [2.24, 2.45) is 5.73 Å². The molecule has 6 nitrogen and oxygen atoms in total. The maximum atomic E-state index is 11.9. The van der Waals surface area contributed by atoms with Crippen LogP contribution >= 0.6 is 15.9 Å². The van der Waals surface area contributed by atoms with E-state index in [1.54, 1.807) is 35.4 Å². The van der Waals surface area contributed by atoms with Crippen molar-refractivity contribution in [3.05, 3.63) is 41.2 Å². The van der Waals surface area contributed by atoms with Gasteiger partial charge in [-0.15, -0.1) is 0 Å². The fourth-order valence-electron chi connectivity index (χ4n) is 1.41. The highest BCUT2D eigenvalue weighted by molar-refractivity contribution is 9.10. The number of pyridine rings is 1. The van der Waals surface area contributed by atoms with Gasteiger partial charge in [0.05, 0.1) is 12.0 Å². The molecular formula is C11H12BrN5O. The number of nitrogens with zero attached hydrogens (tertiary/aromatic N) is 3. The molecule has 0 aliphatic carbocycles. The fourth-order valence-corrected chi connectivity index (χ4v) is 1.76. The smallest absolute Gasteiger partial charge is 0.275 e. The maximum Gasteiger partial charge on any atom is 0.275 e. The Morgan fingerprint density at radius 2 is 2.33 bits per heavy atom. The summed E-state index contributed by atoms with van der Waals surface area (Å²) >= 11 is 3.26. The Labute approximate surface area is 112 Å². The van der Waals surface area contributed by atoms with Crippen molar-refractivity contribution in [2.75, 3.05) is 11.9 Å². The molecule has 0 saturated heterocycles. The quantitative estimate of drug-likeness (QED) is 0.832. The van der Waals surface area contributed by atoms with E-state index >= 15 is 0 Å². The van der Waals surface area contributed by atoms with Crippen molar-refractivity contribution in [1.29, 1.82) is 0 Å². The highest BCUT2D eigenvalue weighted by atomic mass is 79.9. The van der Waals surface area contributed by atoms with E-state index in [4.69, 9.17) is 5.73 Å². The van der Waals surface area contributed by atoms with E-state index in [0.29, 0.717) is 29.1 Å². The monoisotopic (exact) mass is 309 g/mol. The Morgan fingerprint density at radius 1 is 1.50 bits per heavy atom. The van der Waals surface area contributed by atoms with E-state index in [1.165, 1.54) is 0 Å². The topological polar surface area (TPSA) is 85.8 Å². The highest BCUT2D eigenvalue weighted by Crippen LogP contribution is 2.18. The first-order chi connectivity index (χ1) is 8.70. The molecule has 0 spiro atoms. The summed E-state index contributed by atoms with van der Waals surface area (Å²) in [5, 5.41) is 2.73. The number of amides is 1. The first-order valence-corrected chi connectivity index (χ1v) is 6.13. The summed E-state index contributed by atoms with van der Waals surface area (Å²) in [6.45, 7) is 1.14. The predicted molar refractivity (Wildman–Crippen MR) is 71.2 cm³/mol. The molecule has 0 fully saturated rings. The molecule has 0 saturated carbocycles. The molecule has 2 heterocycles. The normalized spacial score (nSPS) is 10.3. The molecular weight excluding hydrogens is 298 g/mol. The molecule has 1 amide bonds. The van der Waals surface area contributed by atoms with Gasteiger partial charge in [-0.2, -0.15) is 0 Å². The molecule has 94 valence electrons. The summed E-state index contributed by atoms with van der Waals surface area (Å²) in [5.74, 6) is -0.278. The van der Waals surface area contributed by atoms with E-state index in [9.17, 15) is 4.79 Å². The third kappa shape index (κ3) is 2.93. The van der Waals surface area contributed by atoms with Crippen molar-refractivity contribution in [1.82, 2.24) is 14.5 Å². The molecule has 18 heavy (non-hydrogen) atoms. The van der Waals surface area contributed by atoms with E-state index in [0.717, 1.165) is 0 Å². The number of halogens is 1. The molecule has 2 aromatic heterocycles. The van der Waals surface area contributed by atoms with Crippen molar-refractivity contribution in [2.45, 2.75) is 6.54 Å². The Bertz CT molecular complexity index is 554.